The van der Waals surface area contributed by atoms with Gasteiger partial charge in [-0.15, -0.1) is 0 Å². The van der Waals surface area contributed by atoms with Crippen molar-refractivity contribution < 1.29 is 4.39 Å². The second kappa shape index (κ2) is 3.02. The van der Waals surface area contributed by atoms with Gasteiger partial charge in [0.15, 0.2) is 5.69 Å². The summed E-state index contributed by atoms with van der Waals surface area (Å²) >= 11 is 3.10. The van der Waals surface area contributed by atoms with Gasteiger partial charge in [0.05, 0.1) is 6.57 Å². The highest BCUT2D eigenvalue weighted by molar-refractivity contribution is 9.10. The van der Waals surface area contributed by atoms with Crippen LogP contribution in [0.25, 0.3) is 4.85 Å². The first-order valence-corrected chi connectivity index (χ1v) is 3.77. The topological polar surface area (TPSA) is 4.36 Å². The molecule has 1 aromatic carbocycles. The van der Waals surface area contributed by atoms with Crippen LogP contribution in [-0.4, -0.2) is 0 Å². The second-order valence-corrected chi connectivity index (χ2v) is 3.06. The molecule has 0 aliphatic carbocycles. The minimum absolute atomic E-state index is 0.342. The van der Waals surface area contributed by atoms with Crippen molar-refractivity contribution in [3.63, 3.8) is 0 Å². The number of rotatable bonds is 0. The molecule has 0 saturated carbocycles. The predicted octanol–water partition coefficient (Wildman–Crippen LogP) is 3.45. The van der Waals surface area contributed by atoms with Gasteiger partial charge in [-0.3, -0.25) is 0 Å². The highest BCUT2D eigenvalue weighted by Crippen LogP contribution is 2.25. The Balaban J connectivity index is 3.39. The zero-order valence-electron chi connectivity index (χ0n) is 5.86. The van der Waals surface area contributed by atoms with Crippen LogP contribution in [0.2, 0.25) is 0 Å². The van der Waals surface area contributed by atoms with Crippen LogP contribution in [0.5, 0.6) is 0 Å². The van der Waals surface area contributed by atoms with Crippen LogP contribution in [0.15, 0.2) is 16.6 Å². The third-order valence-electron chi connectivity index (χ3n) is 1.40. The molecule has 1 nitrogen and oxygen atoms in total. The first-order chi connectivity index (χ1) is 5.15. The Labute approximate surface area is 72.8 Å². The minimum atomic E-state index is -0.342. The summed E-state index contributed by atoms with van der Waals surface area (Å²) in [6, 6.07) is 2.95. The average Bonchev–Trinajstić information content (AvgIpc) is 1.96. The summed E-state index contributed by atoms with van der Waals surface area (Å²) in [4.78, 5) is 3.17. The maximum Gasteiger partial charge on any atom is 0.194 e. The SMILES string of the molecule is [C-]#[N+]c1cc(Br)cc(F)c1C. The monoisotopic (exact) mass is 213 g/mol. The lowest BCUT2D eigenvalue weighted by molar-refractivity contribution is 0.619. The first-order valence-electron chi connectivity index (χ1n) is 2.98. The maximum atomic E-state index is 12.9. The van der Waals surface area contributed by atoms with Gasteiger partial charge in [-0.1, -0.05) is 15.9 Å². The Hall–Kier alpha value is -0.880. The predicted molar refractivity (Wildman–Crippen MR) is 45.1 cm³/mol. The van der Waals surface area contributed by atoms with Gasteiger partial charge in [0.25, 0.3) is 0 Å². The molecule has 0 N–H and O–H groups in total. The molecule has 0 aliphatic heterocycles. The van der Waals surface area contributed by atoms with E-state index in [1.54, 1.807) is 13.0 Å². The summed E-state index contributed by atoms with van der Waals surface area (Å²) in [5, 5.41) is 0. The number of halogens is 2. The molecule has 0 heterocycles. The molecular formula is C8H5BrFN. The molecule has 0 radical (unpaired) electrons. The van der Waals surface area contributed by atoms with Gasteiger partial charge in [-0.25, -0.2) is 9.24 Å². The molecule has 1 aromatic rings. The summed E-state index contributed by atoms with van der Waals surface area (Å²) in [6.45, 7) is 8.31. The zero-order valence-corrected chi connectivity index (χ0v) is 7.44. The van der Waals surface area contributed by atoms with Crippen LogP contribution in [0.3, 0.4) is 0 Å². The minimum Gasteiger partial charge on any atom is -0.238 e. The van der Waals surface area contributed by atoms with Gasteiger partial charge in [-0.05, 0) is 24.6 Å². The van der Waals surface area contributed by atoms with E-state index in [1.807, 2.05) is 0 Å². The summed E-state index contributed by atoms with van der Waals surface area (Å²) < 4.78 is 13.5. The van der Waals surface area contributed by atoms with Crippen LogP contribution in [0.4, 0.5) is 10.1 Å². The van der Waals surface area contributed by atoms with E-state index in [4.69, 9.17) is 6.57 Å². The van der Waals surface area contributed by atoms with Crippen molar-refractivity contribution in [3.05, 3.63) is 39.4 Å². The van der Waals surface area contributed by atoms with Crippen LogP contribution in [-0.2, 0) is 0 Å². The van der Waals surface area contributed by atoms with Gasteiger partial charge >= 0.3 is 0 Å². The molecule has 0 unspecified atom stereocenters. The number of hydrogen-bond acceptors (Lipinski definition) is 0. The largest absolute Gasteiger partial charge is 0.238 e. The number of hydrogen-bond donors (Lipinski definition) is 0. The number of benzene rings is 1. The first kappa shape index (κ1) is 8.22. The molecular weight excluding hydrogens is 209 g/mol. The molecule has 0 fully saturated rings. The second-order valence-electron chi connectivity index (χ2n) is 2.14. The van der Waals surface area contributed by atoms with Gasteiger partial charge in [0.2, 0.25) is 0 Å². The average molecular weight is 214 g/mol. The third kappa shape index (κ3) is 1.58. The third-order valence-corrected chi connectivity index (χ3v) is 1.86. The van der Waals surface area contributed by atoms with Crippen LogP contribution < -0.4 is 0 Å². The highest BCUT2D eigenvalue weighted by Gasteiger charge is 2.04. The van der Waals surface area contributed by atoms with Crippen molar-refractivity contribution >= 4 is 21.6 Å². The summed E-state index contributed by atoms with van der Waals surface area (Å²) in [6.07, 6.45) is 0. The molecule has 0 bridgehead atoms. The van der Waals surface area contributed by atoms with E-state index in [1.165, 1.54) is 6.07 Å². The molecule has 0 amide bonds. The van der Waals surface area contributed by atoms with Crippen molar-refractivity contribution in [2.45, 2.75) is 6.92 Å². The van der Waals surface area contributed by atoms with Crippen molar-refractivity contribution in [3.8, 4) is 0 Å². The molecule has 11 heavy (non-hydrogen) atoms. The van der Waals surface area contributed by atoms with Gasteiger partial charge in [-0.2, -0.15) is 0 Å². The standard InChI is InChI=1S/C8H5BrFN/c1-5-7(10)3-6(9)4-8(5)11-2/h3-4H,1H3. The van der Waals surface area contributed by atoms with E-state index in [2.05, 4.69) is 20.8 Å². The fraction of sp³-hybridized carbons (Fsp3) is 0.125. The van der Waals surface area contributed by atoms with E-state index in [9.17, 15) is 4.39 Å². The van der Waals surface area contributed by atoms with Crippen molar-refractivity contribution in [2.24, 2.45) is 0 Å². The van der Waals surface area contributed by atoms with Crippen molar-refractivity contribution in [1.29, 1.82) is 0 Å². The Morgan fingerprint density at radius 3 is 2.73 bits per heavy atom. The molecule has 56 valence electrons. The lowest BCUT2D eigenvalue weighted by Gasteiger charge is -1.98. The van der Waals surface area contributed by atoms with Gasteiger partial charge < -0.3 is 0 Å². The van der Waals surface area contributed by atoms with Gasteiger partial charge in [0, 0.05) is 4.47 Å². The van der Waals surface area contributed by atoms with E-state index in [0.29, 0.717) is 15.7 Å². The van der Waals surface area contributed by atoms with Crippen LogP contribution >= 0.6 is 15.9 Å². The van der Waals surface area contributed by atoms with Crippen LogP contribution in [0.1, 0.15) is 5.56 Å². The van der Waals surface area contributed by atoms with E-state index in [-0.39, 0.29) is 5.82 Å². The molecule has 0 atom stereocenters. The molecule has 0 spiro atoms. The molecule has 1 rings (SSSR count). The highest BCUT2D eigenvalue weighted by atomic mass is 79.9. The number of nitrogens with zero attached hydrogens (tertiary/aromatic N) is 1. The summed E-state index contributed by atoms with van der Waals surface area (Å²) in [5.74, 6) is -0.342. The smallest absolute Gasteiger partial charge is 0.194 e. The van der Waals surface area contributed by atoms with Crippen molar-refractivity contribution in [2.75, 3.05) is 0 Å². The van der Waals surface area contributed by atoms with Crippen LogP contribution in [0, 0.1) is 19.3 Å². The zero-order chi connectivity index (χ0) is 8.43. The van der Waals surface area contributed by atoms with Gasteiger partial charge in [0.1, 0.15) is 5.82 Å². The van der Waals surface area contributed by atoms with Crippen molar-refractivity contribution in [1.82, 2.24) is 0 Å². The maximum absolute atomic E-state index is 12.9. The van der Waals surface area contributed by atoms with E-state index >= 15 is 0 Å². The molecule has 0 saturated heterocycles. The Bertz CT molecular complexity index is 328. The van der Waals surface area contributed by atoms with E-state index < -0.39 is 0 Å². The quantitative estimate of drug-likeness (QED) is 0.582. The lowest BCUT2D eigenvalue weighted by Crippen LogP contribution is -1.81. The lowest BCUT2D eigenvalue weighted by atomic mass is 10.2. The molecule has 0 aliphatic rings. The Kier molecular flexibility index (Phi) is 2.25. The fourth-order valence-corrected chi connectivity index (χ4v) is 1.17. The summed E-state index contributed by atoms with van der Waals surface area (Å²) in [7, 11) is 0. The normalized spacial score (nSPS) is 9.27. The fourth-order valence-electron chi connectivity index (χ4n) is 0.748. The summed E-state index contributed by atoms with van der Waals surface area (Å²) in [5.41, 5.74) is 0.764. The van der Waals surface area contributed by atoms with E-state index in [0.717, 1.165) is 0 Å². The molecule has 0 aromatic heterocycles. The molecule has 3 heteroatoms. The Morgan fingerprint density at radius 2 is 2.18 bits per heavy atom. The Morgan fingerprint density at radius 1 is 1.55 bits per heavy atom.